The predicted octanol–water partition coefficient (Wildman–Crippen LogP) is 2.12. The van der Waals surface area contributed by atoms with Gasteiger partial charge in [-0.15, -0.1) is 0 Å². The van der Waals surface area contributed by atoms with Gasteiger partial charge in [-0.05, 0) is 17.5 Å². The second-order valence-corrected chi connectivity index (χ2v) is 5.06. The Morgan fingerprint density at radius 1 is 1.00 bits per heavy atom. The first-order chi connectivity index (χ1) is 9.86. The van der Waals surface area contributed by atoms with Crippen molar-refractivity contribution < 1.29 is 0 Å². The average Bonchev–Trinajstić information content (AvgIpc) is 2.56. The molecule has 4 nitrogen and oxygen atoms in total. The molecular formula is C16H20N4. The number of benzene rings is 1. The molecule has 0 amide bonds. The number of hydrogen-bond acceptors (Lipinski definition) is 4. The number of anilines is 1. The highest BCUT2D eigenvalue weighted by atomic mass is 15.3. The molecule has 1 aromatic carbocycles. The first-order valence-corrected chi connectivity index (χ1v) is 7.24. The van der Waals surface area contributed by atoms with E-state index < -0.39 is 0 Å². The summed E-state index contributed by atoms with van der Waals surface area (Å²) in [4.78, 5) is 11.2. The van der Waals surface area contributed by atoms with E-state index >= 15 is 0 Å². The Balaban J connectivity index is 1.77. The van der Waals surface area contributed by atoms with E-state index in [9.17, 15) is 0 Å². The van der Waals surface area contributed by atoms with Crippen molar-refractivity contribution >= 4 is 5.95 Å². The summed E-state index contributed by atoms with van der Waals surface area (Å²) in [6, 6.07) is 8.61. The second-order valence-electron chi connectivity index (χ2n) is 5.06. The van der Waals surface area contributed by atoms with Crippen molar-refractivity contribution in [1.29, 1.82) is 0 Å². The molecule has 1 aliphatic heterocycles. The van der Waals surface area contributed by atoms with Crippen molar-refractivity contribution in [2.45, 2.75) is 13.3 Å². The van der Waals surface area contributed by atoms with Gasteiger partial charge < -0.3 is 10.2 Å². The maximum Gasteiger partial charge on any atom is 0.225 e. The van der Waals surface area contributed by atoms with Crippen LogP contribution in [0.15, 0.2) is 36.7 Å². The number of piperazine rings is 1. The lowest BCUT2D eigenvalue weighted by Gasteiger charge is -2.27. The summed E-state index contributed by atoms with van der Waals surface area (Å²) in [5, 5.41) is 3.34. The molecule has 1 saturated heterocycles. The zero-order valence-electron chi connectivity index (χ0n) is 11.8. The fourth-order valence-electron chi connectivity index (χ4n) is 2.43. The van der Waals surface area contributed by atoms with Crippen molar-refractivity contribution in [3.63, 3.8) is 0 Å². The Kier molecular flexibility index (Phi) is 3.92. The van der Waals surface area contributed by atoms with Gasteiger partial charge in [-0.1, -0.05) is 31.2 Å². The smallest absolute Gasteiger partial charge is 0.225 e. The van der Waals surface area contributed by atoms with Crippen LogP contribution in [-0.2, 0) is 6.42 Å². The molecule has 0 bridgehead atoms. The summed E-state index contributed by atoms with van der Waals surface area (Å²) in [7, 11) is 0. The van der Waals surface area contributed by atoms with E-state index in [1.807, 2.05) is 12.4 Å². The van der Waals surface area contributed by atoms with Gasteiger partial charge in [-0.25, -0.2) is 9.97 Å². The molecule has 0 radical (unpaired) electrons. The molecular weight excluding hydrogens is 248 g/mol. The van der Waals surface area contributed by atoms with Gasteiger partial charge in [0.1, 0.15) is 0 Å². The van der Waals surface area contributed by atoms with E-state index in [1.54, 1.807) is 0 Å². The summed E-state index contributed by atoms with van der Waals surface area (Å²) in [6.07, 6.45) is 4.91. The molecule has 1 aromatic heterocycles. The summed E-state index contributed by atoms with van der Waals surface area (Å²) in [6.45, 7) is 6.13. The third-order valence-electron chi connectivity index (χ3n) is 3.73. The summed E-state index contributed by atoms with van der Waals surface area (Å²) in [5.41, 5.74) is 3.60. The van der Waals surface area contributed by atoms with Crippen molar-refractivity contribution in [3.8, 4) is 11.1 Å². The topological polar surface area (TPSA) is 41.1 Å². The first kappa shape index (κ1) is 13.1. The van der Waals surface area contributed by atoms with Gasteiger partial charge in [0.05, 0.1) is 0 Å². The molecule has 0 aliphatic carbocycles. The predicted molar refractivity (Wildman–Crippen MR) is 81.9 cm³/mol. The lowest BCUT2D eigenvalue weighted by atomic mass is 10.1. The largest absolute Gasteiger partial charge is 0.338 e. The Morgan fingerprint density at radius 2 is 1.65 bits per heavy atom. The molecule has 4 heteroatoms. The van der Waals surface area contributed by atoms with Crippen molar-refractivity contribution in [2.24, 2.45) is 0 Å². The molecule has 3 rings (SSSR count). The minimum atomic E-state index is 0.834. The van der Waals surface area contributed by atoms with E-state index in [1.165, 1.54) is 11.1 Å². The maximum atomic E-state index is 4.51. The van der Waals surface area contributed by atoms with Crippen molar-refractivity contribution in [3.05, 3.63) is 42.2 Å². The zero-order valence-corrected chi connectivity index (χ0v) is 11.8. The lowest BCUT2D eigenvalue weighted by Crippen LogP contribution is -2.44. The van der Waals surface area contributed by atoms with Gasteiger partial charge in [0.2, 0.25) is 5.95 Å². The summed E-state index contributed by atoms with van der Waals surface area (Å²) < 4.78 is 0. The number of rotatable bonds is 3. The fourth-order valence-corrected chi connectivity index (χ4v) is 2.43. The highest BCUT2D eigenvalue weighted by Crippen LogP contribution is 2.20. The quantitative estimate of drug-likeness (QED) is 0.925. The lowest BCUT2D eigenvalue weighted by molar-refractivity contribution is 0.580. The third kappa shape index (κ3) is 2.80. The van der Waals surface area contributed by atoms with Crippen molar-refractivity contribution in [1.82, 2.24) is 15.3 Å². The van der Waals surface area contributed by atoms with Gasteiger partial charge in [0, 0.05) is 44.1 Å². The molecule has 20 heavy (non-hydrogen) atoms. The van der Waals surface area contributed by atoms with Crippen LogP contribution in [0.3, 0.4) is 0 Å². The van der Waals surface area contributed by atoms with Gasteiger partial charge in [-0.3, -0.25) is 0 Å². The first-order valence-electron chi connectivity index (χ1n) is 7.24. The van der Waals surface area contributed by atoms with Gasteiger partial charge in [0.25, 0.3) is 0 Å². The summed E-state index contributed by atoms with van der Waals surface area (Å²) >= 11 is 0. The van der Waals surface area contributed by atoms with Gasteiger partial charge in [0.15, 0.2) is 0 Å². The number of nitrogens with one attached hydrogen (secondary N) is 1. The van der Waals surface area contributed by atoms with E-state index in [0.29, 0.717) is 0 Å². The molecule has 104 valence electrons. The van der Waals surface area contributed by atoms with Crippen molar-refractivity contribution in [2.75, 3.05) is 31.1 Å². The van der Waals surface area contributed by atoms with Crippen LogP contribution < -0.4 is 10.2 Å². The van der Waals surface area contributed by atoms with Gasteiger partial charge >= 0.3 is 0 Å². The van der Waals surface area contributed by atoms with Crippen LogP contribution in [-0.4, -0.2) is 36.1 Å². The van der Waals surface area contributed by atoms with E-state index in [2.05, 4.69) is 51.4 Å². The van der Waals surface area contributed by atoms with Gasteiger partial charge in [-0.2, -0.15) is 0 Å². The van der Waals surface area contributed by atoms with Crippen LogP contribution in [0.1, 0.15) is 12.5 Å². The molecule has 0 unspecified atom stereocenters. The van der Waals surface area contributed by atoms with E-state index in [0.717, 1.165) is 44.1 Å². The highest BCUT2D eigenvalue weighted by Gasteiger charge is 2.12. The van der Waals surface area contributed by atoms with Crippen LogP contribution in [0.5, 0.6) is 0 Å². The monoisotopic (exact) mass is 268 g/mol. The number of aromatic nitrogens is 2. The molecule has 2 heterocycles. The minimum absolute atomic E-state index is 0.834. The fraction of sp³-hybridized carbons (Fsp3) is 0.375. The number of hydrogen-bond donors (Lipinski definition) is 1. The normalized spacial score (nSPS) is 15.3. The molecule has 0 atom stereocenters. The maximum absolute atomic E-state index is 4.51. The van der Waals surface area contributed by atoms with Crippen LogP contribution in [0.2, 0.25) is 0 Å². The molecule has 1 fully saturated rings. The second kappa shape index (κ2) is 6.01. The summed E-state index contributed by atoms with van der Waals surface area (Å²) in [5.74, 6) is 0.834. The average molecular weight is 268 g/mol. The molecule has 1 N–H and O–H groups in total. The molecule has 0 saturated carbocycles. The van der Waals surface area contributed by atoms with E-state index in [4.69, 9.17) is 0 Å². The molecule has 1 aliphatic rings. The van der Waals surface area contributed by atoms with E-state index in [-0.39, 0.29) is 0 Å². The van der Waals surface area contributed by atoms with Crippen LogP contribution in [0.4, 0.5) is 5.95 Å². The van der Waals surface area contributed by atoms with Crippen LogP contribution in [0.25, 0.3) is 11.1 Å². The Hall–Kier alpha value is -1.94. The molecule has 2 aromatic rings. The number of nitrogens with zero attached hydrogens (tertiary/aromatic N) is 3. The SMILES string of the molecule is CCc1ccc(-c2cnc(N3CCNCC3)nc2)cc1. The molecule has 0 spiro atoms. The Morgan fingerprint density at radius 3 is 2.25 bits per heavy atom. The van der Waals surface area contributed by atoms with Crippen LogP contribution >= 0.6 is 0 Å². The Bertz CT molecular complexity index is 542. The third-order valence-corrected chi connectivity index (χ3v) is 3.73. The standard InChI is InChI=1S/C16H20N4/c1-2-13-3-5-14(6-4-13)15-11-18-16(19-12-15)20-9-7-17-8-10-20/h3-6,11-12,17H,2,7-10H2,1H3. The van der Waals surface area contributed by atoms with Crippen LogP contribution in [0, 0.1) is 0 Å². The zero-order chi connectivity index (χ0) is 13.8. The highest BCUT2D eigenvalue weighted by molar-refractivity contribution is 5.62. The minimum Gasteiger partial charge on any atom is -0.338 e. The number of aryl methyl sites for hydroxylation is 1. The Labute approximate surface area is 119 Å².